The number of hydrogen-bond donors (Lipinski definition) is 0. The average Bonchev–Trinajstić information content (AvgIpc) is 3.66. The fourth-order valence-electron chi connectivity index (χ4n) is 4.98. The third kappa shape index (κ3) is 6.42. The van der Waals surface area contributed by atoms with Crippen LogP contribution in [0.4, 0.5) is 0 Å². The van der Waals surface area contributed by atoms with E-state index < -0.39 is 11.8 Å². The molecule has 8 atom stereocenters. The second-order valence-electron chi connectivity index (χ2n) is 9.47. The molecule has 0 aromatic heterocycles. The predicted octanol–water partition coefficient (Wildman–Crippen LogP) is 3.56. The zero-order chi connectivity index (χ0) is 21.8. The number of unbranched alkanes of at least 4 members (excludes halogenated alkanes) is 2. The number of rotatable bonds is 14. The third-order valence-corrected chi connectivity index (χ3v) is 7.19. The summed E-state index contributed by atoms with van der Waals surface area (Å²) in [4.78, 5) is 25.4. The molecule has 0 N–H and O–H groups in total. The van der Waals surface area contributed by atoms with Gasteiger partial charge in [-0.05, 0) is 64.2 Å². The summed E-state index contributed by atoms with van der Waals surface area (Å²) in [5.41, 5.74) is 0. The average molecular weight is 439 g/mol. The van der Waals surface area contributed by atoms with Crippen molar-refractivity contribution in [3.63, 3.8) is 0 Å². The molecule has 4 rings (SSSR count). The van der Waals surface area contributed by atoms with Crippen molar-refractivity contribution in [1.29, 1.82) is 0 Å². The molecule has 4 fully saturated rings. The van der Waals surface area contributed by atoms with Crippen LogP contribution in [-0.2, 0) is 33.3 Å². The molecule has 0 spiro atoms. The number of fused-ring (bicyclic) bond motifs is 1. The molecule has 1 saturated carbocycles. The van der Waals surface area contributed by atoms with Crippen LogP contribution in [0.15, 0.2) is 0 Å². The highest BCUT2D eigenvalue weighted by atomic mass is 16.6. The van der Waals surface area contributed by atoms with E-state index >= 15 is 0 Å². The van der Waals surface area contributed by atoms with E-state index in [1.165, 1.54) is 0 Å². The summed E-state index contributed by atoms with van der Waals surface area (Å²) in [6.45, 7) is 5.07. The first-order chi connectivity index (χ1) is 15.1. The maximum Gasteiger partial charge on any atom is 0.309 e. The van der Waals surface area contributed by atoms with E-state index in [1.54, 1.807) is 0 Å². The summed E-state index contributed by atoms with van der Waals surface area (Å²) in [6.07, 6.45) is 10.8. The fourth-order valence-corrected chi connectivity index (χ4v) is 4.98. The molecule has 0 radical (unpaired) electrons. The minimum atomic E-state index is -0.447. The van der Waals surface area contributed by atoms with Crippen molar-refractivity contribution in [2.24, 2.45) is 11.8 Å². The first-order valence-corrected chi connectivity index (χ1v) is 12.4. The van der Waals surface area contributed by atoms with Gasteiger partial charge >= 0.3 is 11.9 Å². The quantitative estimate of drug-likeness (QED) is 0.233. The van der Waals surface area contributed by atoms with Gasteiger partial charge in [-0.25, -0.2) is 0 Å². The van der Waals surface area contributed by atoms with Gasteiger partial charge in [-0.3, -0.25) is 9.59 Å². The SMILES string of the molecule is CCC1OC1CCCCOC(=O)C1CC2OC2CC1C(=O)OCCCCC1OC1CC. The van der Waals surface area contributed by atoms with Gasteiger partial charge < -0.3 is 23.7 Å². The summed E-state index contributed by atoms with van der Waals surface area (Å²) in [6, 6.07) is 0. The van der Waals surface area contributed by atoms with E-state index in [0.717, 1.165) is 51.4 Å². The fraction of sp³-hybridized carbons (Fsp3) is 0.917. The molecule has 3 saturated heterocycles. The van der Waals surface area contributed by atoms with E-state index in [1.807, 2.05) is 0 Å². The Balaban J connectivity index is 1.12. The number of epoxide rings is 3. The highest BCUT2D eigenvalue weighted by molar-refractivity contribution is 5.82. The second kappa shape index (κ2) is 10.6. The van der Waals surface area contributed by atoms with Crippen LogP contribution < -0.4 is 0 Å². The van der Waals surface area contributed by atoms with Crippen molar-refractivity contribution in [2.45, 2.75) is 115 Å². The Bertz CT molecular complexity index is 571. The summed E-state index contributed by atoms with van der Waals surface area (Å²) in [5.74, 6) is -1.45. The molecule has 3 aliphatic heterocycles. The van der Waals surface area contributed by atoms with Gasteiger partial charge in [0.05, 0.1) is 61.7 Å². The lowest BCUT2D eigenvalue weighted by atomic mass is 9.79. The Morgan fingerprint density at radius 3 is 1.52 bits per heavy atom. The minimum absolute atomic E-state index is 0.102. The van der Waals surface area contributed by atoms with E-state index in [2.05, 4.69) is 13.8 Å². The molecule has 1 aliphatic carbocycles. The lowest BCUT2D eigenvalue weighted by Crippen LogP contribution is -2.37. The Morgan fingerprint density at radius 2 is 1.13 bits per heavy atom. The third-order valence-electron chi connectivity index (χ3n) is 7.19. The van der Waals surface area contributed by atoms with E-state index in [0.29, 0.717) is 50.5 Å². The molecule has 0 amide bonds. The smallest absolute Gasteiger partial charge is 0.309 e. The zero-order valence-corrected chi connectivity index (χ0v) is 19.0. The highest BCUT2D eigenvalue weighted by Gasteiger charge is 2.53. The van der Waals surface area contributed by atoms with E-state index in [9.17, 15) is 9.59 Å². The van der Waals surface area contributed by atoms with E-state index in [-0.39, 0.29) is 24.1 Å². The van der Waals surface area contributed by atoms with Gasteiger partial charge in [-0.15, -0.1) is 0 Å². The van der Waals surface area contributed by atoms with Crippen molar-refractivity contribution < 1.29 is 33.3 Å². The van der Waals surface area contributed by atoms with Crippen LogP contribution in [0.25, 0.3) is 0 Å². The molecule has 0 aromatic carbocycles. The molecule has 7 heteroatoms. The minimum Gasteiger partial charge on any atom is -0.465 e. The van der Waals surface area contributed by atoms with Crippen molar-refractivity contribution >= 4 is 11.9 Å². The Kier molecular flexibility index (Phi) is 7.88. The van der Waals surface area contributed by atoms with Gasteiger partial charge in [-0.2, -0.15) is 0 Å². The molecule has 0 aromatic rings. The van der Waals surface area contributed by atoms with Crippen molar-refractivity contribution in [1.82, 2.24) is 0 Å². The summed E-state index contributed by atoms with van der Waals surface area (Å²) >= 11 is 0. The van der Waals surface area contributed by atoms with Gasteiger partial charge in [0.2, 0.25) is 0 Å². The van der Waals surface area contributed by atoms with Gasteiger partial charge in [-0.1, -0.05) is 13.8 Å². The molecular formula is C24H38O7. The first kappa shape index (κ1) is 23.0. The molecule has 31 heavy (non-hydrogen) atoms. The Hall–Kier alpha value is -1.18. The van der Waals surface area contributed by atoms with Crippen molar-refractivity contribution in [2.75, 3.05) is 13.2 Å². The lowest BCUT2D eigenvalue weighted by molar-refractivity contribution is -0.162. The van der Waals surface area contributed by atoms with Crippen molar-refractivity contribution in [3.8, 4) is 0 Å². The van der Waals surface area contributed by atoms with E-state index in [4.69, 9.17) is 23.7 Å². The number of carbonyl (C=O) groups is 2. The number of hydrogen-bond acceptors (Lipinski definition) is 7. The predicted molar refractivity (Wildman–Crippen MR) is 112 cm³/mol. The summed E-state index contributed by atoms with van der Waals surface area (Å²) < 4.78 is 27.7. The van der Waals surface area contributed by atoms with Crippen LogP contribution in [0.3, 0.4) is 0 Å². The largest absolute Gasteiger partial charge is 0.465 e. The summed E-state index contributed by atoms with van der Waals surface area (Å²) in [7, 11) is 0. The molecular weight excluding hydrogens is 400 g/mol. The Morgan fingerprint density at radius 1 is 0.677 bits per heavy atom. The van der Waals surface area contributed by atoms with Crippen LogP contribution in [-0.4, -0.2) is 61.8 Å². The monoisotopic (exact) mass is 438 g/mol. The maximum absolute atomic E-state index is 12.7. The molecule has 3 heterocycles. The molecule has 0 bridgehead atoms. The molecule has 176 valence electrons. The standard InChI is InChI=1S/C24H38O7/c1-3-17-19(29-17)9-5-7-11-27-23(25)15-13-21-22(31-21)14-16(15)24(26)28-12-8-6-10-20-18(4-2)30-20/h15-22H,3-14H2,1-2H3. The number of esters is 2. The Labute approximate surface area is 185 Å². The highest BCUT2D eigenvalue weighted by Crippen LogP contribution is 2.44. The van der Waals surface area contributed by atoms with Crippen LogP contribution in [0.2, 0.25) is 0 Å². The molecule has 4 aliphatic rings. The first-order valence-electron chi connectivity index (χ1n) is 12.4. The zero-order valence-electron chi connectivity index (χ0n) is 19.0. The lowest BCUT2D eigenvalue weighted by Gasteiger charge is -2.26. The van der Waals surface area contributed by atoms with Crippen LogP contribution in [0.1, 0.15) is 78.1 Å². The van der Waals surface area contributed by atoms with Crippen LogP contribution in [0, 0.1) is 11.8 Å². The summed E-state index contributed by atoms with van der Waals surface area (Å²) in [5, 5.41) is 0. The number of ether oxygens (including phenoxy) is 5. The van der Waals surface area contributed by atoms with Gasteiger partial charge in [0, 0.05) is 0 Å². The van der Waals surface area contributed by atoms with Gasteiger partial charge in [0.15, 0.2) is 0 Å². The maximum atomic E-state index is 12.7. The molecule has 8 unspecified atom stereocenters. The topological polar surface area (TPSA) is 90.2 Å². The normalized spacial score (nSPS) is 37.6. The second-order valence-corrected chi connectivity index (χ2v) is 9.47. The number of carbonyl (C=O) groups excluding carboxylic acids is 2. The van der Waals surface area contributed by atoms with Gasteiger partial charge in [0.1, 0.15) is 0 Å². The van der Waals surface area contributed by atoms with Crippen molar-refractivity contribution in [3.05, 3.63) is 0 Å². The molecule has 7 nitrogen and oxygen atoms in total. The van der Waals surface area contributed by atoms with Gasteiger partial charge in [0.25, 0.3) is 0 Å². The van der Waals surface area contributed by atoms with Crippen LogP contribution >= 0.6 is 0 Å². The van der Waals surface area contributed by atoms with Crippen LogP contribution in [0.5, 0.6) is 0 Å².